The topological polar surface area (TPSA) is 17.1 Å². The van der Waals surface area contributed by atoms with Crippen molar-refractivity contribution in [2.75, 3.05) is 5.75 Å². The van der Waals surface area contributed by atoms with Gasteiger partial charge in [-0.1, -0.05) is 24.6 Å². The van der Waals surface area contributed by atoms with Crippen LogP contribution in [0, 0.1) is 0 Å². The minimum absolute atomic E-state index is 0.630. The van der Waals surface area contributed by atoms with Crippen LogP contribution in [-0.4, -0.2) is 12.0 Å². The van der Waals surface area contributed by atoms with Crippen LogP contribution in [0.3, 0.4) is 0 Å². The van der Waals surface area contributed by atoms with E-state index in [1.807, 2.05) is 6.07 Å². The zero-order valence-electron chi connectivity index (χ0n) is 7.42. The van der Waals surface area contributed by atoms with E-state index < -0.39 is 0 Å². The molecule has 70 valence electrons. The van der Waals surface area contributed by atoms with Crippen molar-refractivity contribution in [3.63, 3.8) is 0 Å². The van der Waals surface area contributed by atoms with Crippen LogP contribution in [0.2, 0.25) is 5.02 Å². The van der Waals surface area contributed by atoms with Crippen LogP contribution >= 0.6 is 23.4 Å². The summed E-state index contributed by atoms with van der Waals surface area (Å²) in [6, 6.07) is 5.38. The van der Waals surface area contributed by atoms with Gasteiger partial charge in [0.15, 0.2) is 0 Å². The van der Waals surface area contributed by atoms with Crippen LogP contribution in [0.15, 0.2) is 23.1 Å². The third-order valence-corrected chi connectivity index (χ3v) is 3.26. The van der Waals surface area contributed by atoms with E-state index in [2.05, 4.69) is 6.92 Å². The molecular weight excluding hydrogens is 204 g/mol. The van der Waals surface area contributed by atoms with Gasteiger partial charge in [0.2, 0.25) is 0 Å². The number of benzene rings is 1. The Balaban J connectivity index is 2.79. The van der Waals surface area contributed by atoms with Crippen LogP contribution in [-0.2, 0) is 0 Å². The van der Waals surface area contributed by atoms with Crippen molar-refractivity contribution < 1.29 is 4.79 Å². The summed E-state index contributed by atoms with van der Waals surface area (Å²) in [6.45, 7) is 2.13. The highest BCUT2D eigenvalue weighted by molar-refractivity contribution is 7.99. The highest BCUT2D eigenvalue weighted by atomic mass is 35.5. The number of hydrogen-bond donors (Lipinski definition) is 0. The fourth-order valence-electron chi connectivity index (χ4n) is 0.919. The molecule has 0 aliphatic rings. The number of rotatable bonds is 4. The fraction of sp³-hybridized carbons (Fsp3) is 0.300. The first-order valence-corrected chi connectivity index (χ1v) is 5.51. The van der Waals surface area contributed by atoms with Gasteiger partial charge in [-0.15, -0.1) is 11.8 Å². The average Bonchev–Trinajstić information content (AvgIpc) is 2.16. The number of halogens is 1. The standard InChI is InChI=1S/C10H11ClOS/c1-2-5-13-10-4-3-8(7-12)6-9(10)11/h3-4,6-7H,2,5H2,1H3. The first-order valence-electron chi connectivity index (χ1n) is 4.15. The molecule has 3 heteroatoms. The van der Waals surface area contributed by atoms with Crippen LogP contribution in [0.1, 0.15) is 23.7 Å². The van der Waals surface area contributed by atoms with Crippen molar-refractivity contribution in [1.82, 2.24) is 0 Å². The largest absolute Gasteiger partial charge is 0.298 e. The minimum atomic E-state index is 0.630. The molecule has 0 N–H and O–H groups in total. The number of aldehydes is 1. The Bertz CT molecular complexity index is 299. The van der Waals surface area contributed by atoms with Crippen LogP contribution < -0.4 is 0 Å². The van der Waals surface area contributed by atoms with Crippen LogP contribution in [0.4, 0.5) is 0 Å². The maximum atomic E-state index is 10.4. The van der Waals surface area contributed by atoms with Crippen molar-refractivity contribution >= 4 is 29.6 Å². The van der Waals surface area contributed by atoms with E-state index in [0.29, 0.717) is 10.6 Å². The zero-order valence-corrected chi connectivity index (χ0v) is 8.99. The summed E-state index contributed by atoms with van der Waals surface area (Å²) < 4.78 is 0. The average molecular weight is 215 g/mol. The third kappa shape index (κ3) is 3.05. The highest BCUT2D eigenvalue weighted by Gasteiger charge is 2.01. The van der Waals surface area contributed by atoms with Gasteiger partial charge in [0.25, 0.3) is 0 Å². The predicted octanol–water partition coefficient (Wildman–Crippen LogP) is 3.65. The first kappa shape index (κ1) is 10.6. The summed E-state index contributed by atoms with van der Waals surface area (Å²) in [5.74, 6) is 1.06. The van der Waals surface area contributed by atoms with Crippen molar-refractivity contribution in [2.45, 2.75) is 18.2 Å². The molecule has 0 spiro atoms. The predicted molar refractivity (Wildman–Crippen MR) is 57.9 cm³/mol. The number of hydrogen-bond acceptors (Lipinski definition) is 2. The van der Waals surface area contributed by atoms with Crippen molar-refractivity contribution in [1.29, 1.82) is 0 Å². The van der Waals surface area contributed by atoms with Crippen LogP contribution in [0.25, 0.3) is 0 Å². The normalized spacial score (nSPS) is 10.0. The molecule has 0 bridgehead atoms. The Kier molecular flexibility index (Phi) is 4.33. The summed E-state index contributed by atoms with van der Waals surface area (Å²) in [6.07, 6.45) is 1.93. The summed E-state index contributed by atoms with van der Waals surface area (Å²) >= 11 is 7.68. The maximum Gasteiger partial charge on any atom is 0.150 e. The van der Waals surface area contributed by atoms with E-state index in [1.165, 1.54) is 0 Å². The van der Waals surface area contributed by atoms with Crippen LogP contribution in [0.5, 0.6) is 0 Å². The molecule has 1 aromatic rings. The molecule has 0 fully saturated rings. The van der Waals surface area contributed by atoms with E-state index in [4.69, 9.17) is 11.6 Å². The SMILES string of the molecule is CCCSc1ccc(C=O)cc1Cl. The maximum absolute atomic E-state index is 10.4. The molecule has 0 aliphatic carbocycles. The van der Waals surface area contributed by atoms with Gasteiger partial charge in [-0.2, -0.15) is 0 Å². The molecule has 13 heavy (non-hydrogen) atoms. The highest BCUT2D eigenvalue weighted by Crippen LogP contribution is 2.27. The summed E-state index contributed by atoms with van der Waals surface area (Å²) in [5, 5.41) is 0.669. The van der Waals surface area contributed by atoms with E-state index in [-0.39, 0.29) is 0 Å². The molecule has 0 atom stereocenters. The van der Waals surface area contributed by atoms with E-state index >= 15 is 0 Å². The van der Waals surface area contributed by atoms with Gasteiger partial charge in [-0.25, -0.2) is 0 Å². The van der Waals surface area contributed by atoms with Gasteiger partial charge >= 0.3 is 0 Å². The Morgan fingerprint density at radius 2 is 2.31 bits per heavy atom. The van der Waals surface area contributed by atoms with Gasteiger partial charge < -0.3 is 0 Å². The monoisotopic (exact) mass is 214 g/mol. The molecule has 0 radical (unpaired) electrons. The lowest BCUT2D eigenvalue weighted by Gasteiger charge is -2.02. The van der Waals surface area contributed by atoms with Gasteiger partial charge in [0, 0.05) is 10.5 Å². The Labute approximate surface area is 87.5 Å². The molecule has 0 aliphatic heterocycles. The van der Waals surface area contributed by atoms with E-state index in [0.717, 1.165) is 23.4 Å². The number of thioether (sulfide) groups is 1. The van der Waals surface area contributed by atoms with E-state index in [9.17, 15) is 4.79 Å². The number of carbonyl (C=O) groups excluding carboxylic acids is 1. The van der Waals surface area contributed by atoms with Gasteiger partial charge in [-0.3, -0.25) is 4.79 Å². The fourth-order valence-corrected chi connectivity index (χ4v) is 2.06. The zero-order chi connectivity index (χ0) is 9.68. The second-order valence-corrected chi connectivity index (χ2v) is 4.20. The molecule has 1 nitrogen and oxygen atoms in total. The Morgan fingerprint density at radius 1 is 1.54 bits per heavy atom. The summed E-state index contributed by atoms with van der Waals surface area (Å²) in [4.78, 5) is 11.5. The van der Waals surface area contributed by atoms with Gasteiger partial charge in [-0.05, 0) is 24.3 Å². The molecule has 0 saturated heterocycles. The van der Waals surface area contributed by atoms with Crippen molar-refractivity contribution in [3.05, 3.63) is 28.8 Å². The molecular formula is C10H11ClOS. The quantitative estimate of drug-likeness (QED) is 0.562. The molecule has 0 amide bonds. The summed E-state index contributed by atoms with van der Waals surface area (Å²) in [7, 11) is 0. The lowest BCUT2D eigenvalue weighted by atomic mass is 10.2. The second-order valence-electron chi connectivity index (χ2n) is 2.66. The smallest absolute Gasteiger partial charge is 0.150 e. The van der Waals surface area contributed by atoms with Crippen molar-refractivity contribution in [2.24, 2.45) is 0 Å². The Morgan fingerprint density at radius 3 is 2.85 bits per heavy atom. The van der Waals surface area contributed by atoms with E-state index in [1.54, 1.807) is 23.9 Å². The second kappa shape index (κ2) is 5.30. The molecule has 0 saturated carbocycles. The van der Waals surface area contributed by atoms with Gasteiger partial charge in [0.1, 0.15) is 6.29 Å². The molecule has 1 rings (SSSR count). The lowest BCUT2D eigenvalue weighted by molar-refractivity contribution is 0.112. The molecule has 1 aromatic carbocycles. The molecule has 0 aromatic heterocycles. The van der Waals surface area contributed by atoms with Crippen molar-refractivity contribution in [3.8, 4) is 0 Å². The Hall–Kier alpha value is -0.470. The third-order valence-electron chi connectivity index (χ3n) is 1.55. The molecule has 0 heterocycles. The minimum Gasteiger partial charge on any atom is -0.298 e. The summed E-state index contributed by atoms with van der Waals surface area (Å²) in [5.41, 5.74) is 0.630. The molecule has 0 unspecified atom stereocenters. The first-order chi connectivity index (χ1) is 6.27. The lowest BCUT2D eigenvalue weighted by Crippen LogP contribution is -1.82. The van der Waals surface area contributed by atoms with Gasteiger partial charge in [0.05, 0.1) is 5.02 Å². The number of carbonyl (C=O) groups is 1.